The summed E-state index contributed by atoms with van der Waals surface area (Å²) >= 11 is 0. The number of hydrogen-bond acceptors (Lipinski definition) is 4. The molecule has 0 spiro atoms. The molecule has 5 nitrogen and oxygen atoms in total. The highest BCUT2D eigenvalue weighted by Crippen LogP contribution is 2.19. The van der Waals surface area contributed by atoms with Crippen molar-refractivity contribution in [3.05, 3.63) is 24.3 Å². The van der Waals surface area contributed by atoms with E-state index in [2.05, 4.69) is 10.2 Å². The van der Waals surface area contributed by atoms with Crippen molar-refractivity contribution in [3.63, 3.8) is 0 Å². The molecule has 1 aliphatic rings. The third kappa shape index (κ3) is 3.49. The van der Waals surface area contributed by atoms with Gasteiger partial charge in [-0.2, -0.15) is 0 Å². The van der Waals surface area contributed by atoms with Crippen molar-refractivity contribution in [3.8, 4) is 0 Å². The number of rotatable bonds is 3. The molecule has 110 valence electrons. The van der Waals surface area contributed by atoms with E-state index in [0.29, 0.717) is 11.4 Å². The van der Waals surface area contributed by atoms with E-state index in [1.807, 2.05) is 26.0 Å². The van der Waals surface area contributed by atoms with Crippen LogP contribution >= 0.6 is 0 Å². The number of likely N-dealkylation sites (tertiary alicyclic amines) is 1. The molecule has 1 aromatic rings. The second-order valence-electron chi connectivity index (χ2n) is 5.62. The van der Waals surface area contributed by atoms with E-state index in [4.69, 9.17) is 5.73 Å². The smallest absolute Gasteiger partial charge is 0.241 e. The van der Waals surface area contributed by atoms with Crippen LogP contribution in [0.4, 0.5) is 11.4 Å². The Labute approximate surface area is 119 Å². The maximum absolute atomic E-state index is 12.3. The highest BCUT2D eigenvalue weighted by atomic mass is 16.3. The Balaban J connectivity index is 1.95. The van der Waals surface area contributed by atoms with Crippen molar-refractivity contribution >= 4 is 17.3 Å². The monoisotopic (exact) mass is 277 g/mol. The van der Waals surface area contributed by atoms with Gasteiger partial charge in [0.2, 0.25) is 5.91 Å². The summed E-state index contributed by atoms with van der Waals surface area (Å²) in [5, 5.41) is 12.6. The summed E-state index contributed by atoms with van der Waals surface area (Å²) in [7, 11) is 0. The first-order valence-electron chi connectivity index (χ1n) is 7.06. The molecule has 2 rings (SSSR count). The Morgan fingerprint density at radius 2 is 2.30 bits per heavy atom. The van der Waals surface area contributed by atoms with Gasteiger partial charge in [0.15, 0.2) is 0 Å². The topological polar surface area (TPSA) is 78.6 Å². The zero-order chi connectivity index (χ0) is 14.7. The summed E-state index contributed by atoms with van der Waals surface area (Å²) in [6.07, 6.45) is 0.465. The van der Waals surface area contributed by atoms with Crippen LogP contribution < -0.4 is 11.1 Å². The van der Waals surface area contributed by atoms with E-state index in [-0.39, 0.29) is 24.0 Å². The van der Waals surface area contributed by atoms with Gasteiger partial charge in [0.25, 0.3) is 0 Å². The lowest BCUT2D eigenvalue weighted by Crippen LogP contribution is -2.50. The molecule has 1 aromatic carbocycles. The van der Waals surface area contributed by atoms with E-state index in [0.717, 1.165) is 19.5 Å². The minimum atomic E-state index is -0.254. The maximum atomic E-state index is 12.3. The lowest BCUT2D eigenvalue weighted by molar-refractivity contribution is -0.122. The largest absolute Gasteiger partial charge is 0.399 e. The zero-order valence-corrected chi connectivity index (χ0v) is 12.0. The molecular formula is C15H23N3O2. The van der Waals surface area contributed by atoms with Crippen molar-refractivity contribution in [2.24, 2.45) is 5.92 Å². The number of benzene rings is 1. The normalized spacial score (nSPS) is 25.1. The minimum absolute atomic E-state index is 0.0424. The van der Waals surface area contributed by atoms with Gasteiger partial charge >= 0.3 is 0 Å². The number of nitrogens with two attached hydrogens (primary N) is 1. The highest BCUT2D eigenvalue weighted by molar-refractivity contribution is 5.94. The fourth-order valence-corrected chi connectivity index (χ4v) is 2.55. The second kappa shape index (κ2) is 6.24. The van der Waals surface area contributed by atoms with Gasteiger partial charge in [-0.25, -0.2) is 0 Å². The van der Waals surface area contributed by atoms with Crippen LogP contribution in [0.25, 0.3) is 0 Å². The maximum Gasteiger partial charge on any atom is 0.241 e. The number of nitrogen functional groups attached to an aromatic ring is 1. The Morgan fingerprint density at radius 3 is 2.95 bits per heavy atom. The van der Waals surface area contributed by atoms with Crippen molar-refractivity contribution < 1.29 is 9.90 Å². The molecule has 3 unspecified atom stereocenters. The molecule has 0 aromatic heterocycles. The van der Waals surface area contributed by atoms with Gasteiger partial charge in [-0.05, 0) is 37.5 Å². The van der Waals surface area contributed by atoms with Gasteiger partial charge in [0.05, 0.1) is 12.1 Å². The average Bonchev–Trinajstić information content (AvgIpc) is 2.41. The Hall–Kier alpha value is -1.59. The van der Waals surface area contributed by atoms with E-state index >= 15 is 0 Å². The quantitative estimate of drug-likeness (QED) is 0.728. The van der Waals surface area contributed by atoms with Gasteiger partial charge in [0.1, 0.15) is 0 Å². The van der Waals surface area contributed by atoms with Gasteiger partial charge in [-0.3, -0.25) is 9.69 Å². The van der Waals surface area contributed by atoms with Crippen LogP contribution in [0, 0.1) is 5.92 Å². The van der Waals surface area contributed by atoms with Crippen LogP contribution in [-0.4, -0.2) is 41.1 Å². The van der Waals surface area contributed by atoms with Crippen molar-refractivity contribution in [1.82, 2.24) is 4.90 Å². The van der Waals surface area contributed by atoms with Gasteiger partial charge in [-0.1, -0.05) is 13.0 Å². The Bertz CT molecular complexity index is 478. The standard InChI is InChI=1S/C15H23N3O2/c1-10-9-18(7-6-14(10)19)11(2)15(20)17-13-5-3-4-12(16)8-13/h3-5,8,10-11,14,19H,6-7,9,16H2,1-2H3,(H,17,20). The molecule has 1 saturated heterocycles. The predicted octanol–water partition coefficient (Wildman–Crippen LogP) is 1.30. The summed E-state index contributed by atoms with van der Waals surface area (Å²) in [4.78, 5) is 14.4. The molecule has 1 heterocycles. The number of anilines is 2. The second-order valence-corrected chi connectivity index (χ2v) is 5.62. The SMILES string of the molecule is CC1CN(C(C)C(=O)Nc2cccc(N)c2)CCC1O. The van der Waals surface area contributed by atoms with Crippen molar-refractivity contribution in [2.75, 3.05) is 24.1 Å². The van der Waals surface area contributed by atoms with E-state index < -0.39 is 0 Å². The molecule has 1 aliphatic heterocycles. The molecule has 4 N–H and O–H groups in total. The lowest BCUT2D eigenvalue weighted by Gasteiger charge is -2.37. The highest BCUT2D eigenvalue weighted by Gasteiger charge is 2.29. The number of piperidine rings is 1. The fraction of sp³-hybridized carbons (Fsp3) is 0.533. The summed E-state index contributed by atoms with van der Waals surface area (Å²) in [5.74, 6) is 0.158. The molecule has 0 aliphatic carbocycles. The lowest BCUT2D eigenvalue weighted by atomic mass is 9.95. The van der Waals surface area contributed by atoms with Crippen LogP contribution in [0.2, 0.25) is 0 Å². The van der Waals surface area contributed by atoms with Gasteiger partial charge in [-0.15, -0.1) is 0 Å². The van der Waals surface area contributed by atoms with Crippen molar-refractivity contribution in [1.29, 1.82) is 0 Å². The number of aliphatic hydroxyl groups excluding tert-OH is 1. The molecule has 0 saturated carbocycles. The summed E-state index contributed by atoms with van der Waals surface area (Å²) in [6, 6.07) is 6.95. The first-order chi connectivity index (χ1) is 9.47. The molecule has 3 atom stereocenters. The first-order valence-corrected chi connectivity index (χ1v) is 7.06. The number of nitrogens with one attached hydrogen (secondary N) is 1. The van der Waals surface area contributed by atoms with Crippen LogP contribution in [0.5, 0.6) is 0 Å². The van der Waals surface area contributed by atoms with Crippen LogP contribution in [0.1, 0.15) is 20.3 Å². The van der Waals surface area contributed by atoms with Crippen LogP contribution in [0.15, 0.2) is 24.3 Å². The molecule has 1 amide bonds. The Morgan fingerprint density at radius 1 is 1.55 bits per heavy atom. The summed E-state index contributed by atoms with van der Waals surface area (Å²) < 4.78 is 0. The molecule has 1 fully saturated rings. The first kappa shape index (κ1) is 14.8. The van der Waals surface area contributed by atoms with Crippen LogP contribution in [0.3, 0.4) is 0 Å². The van der Waals surface area contributed by atoms with E-state index in [1.165, 1.54) is 0 Å². The molecule has 20 heavy (non-hydrogen) atoms. The number of amides is 1. The van der Waals surface area contributed by atoms with E-state index in [1.54, 1.807) is 12.1 Å². The molecule has 0 radical (unpaired) electrons. The minimum Gasteiger partial charge on any atom is -0.399 e. The molecule has 0 bridgehead atoms. The third-order valence-electron chi connectivity index (χ3n) is 3.97. The molecular weight excluding hydrogens is 254 g/mol. The Kier molecular flexibility index (Phi) is 4.62. The molecule has 5 heteroatoms. The number of aliphatic hydroxyl groups is 1. The predicted molar refractivity (Wildman–Crippen MR) is 80.3 cm³/mol. The van der Waals surface area contributed by atoms with Gasteiger partial charge < -0.3 is 16.2 Å². The van der Waals surface area contributed by atoms with Gasteiger partial charge in [0, 0.05) is 24.5 Å². The summed E-state index contributed by atoms with van der Waals surface area (Å²) in [5.41, 5.74) is 7.04. The zero-order valence-electron chi connectivity index (χ0n) is 12.0. The number of hydrogen-bond donors (Lipinski definition) is 3. The average molecular weight is 277 g/mol. The number of carbonyl (C=O) groups is 1. The number of nitrogens with zero attached hydrogens (tertiary/aromatic N) is 1. The van der Waals surface area contributed by atoms with Crippen molar-refractivity contribution in [2.45, 2.75) is 32.4 Å². The third-order valence-corrected chi connectivity index (χ3v) is 3.97. The van der Waals surface area contributed by atoms with E-state index in [9.17, 15) is 9.90 Å². The van der Waals surface area contributed by atoms with Crippen LogP contribution in [-0.2, 0) is 4.79 Å². The fourth-order valence-electron chi connectivity index (χ4n) is 2.55. The summed E-state index contributed by atoms with van der Waals surface area (Å²) in [6.45, 7) is 5.40. The number of carbonyl (C=O) groups excluding carboxylic acids is 1.